The molecule has 0 atom stereocenters. The van der Waals surface area contributed by atoms with Crippen molar-refractivity contribution in [3.63, 3.8) is 0 Å². The van der Waals surface area contributed by atoms with Crippen LogP contribution in [0, 0.1) is 17.0 Å². The van der Waals surface area contributed by atoms with Gasteiger partial charge in [-0.05, 0) is 42.8 Å². The second kappa shape index (κ2) is 7.93. The van der Waals surface area contributed by atoms with Gasteiger partial charge in [-0.2, -0.15) is 0 Å². The summed E-state index contributed by atoms with van der Waals surface area (Å²) in [7, 11) is 1.43. The molecule has 9 nitrogen and oxygen atoms in total. The molecule has 1 aliphatic heterocycles. The third kappa shape index (κ3) is 4.29. The second-order valence-corrected chi connectivity index (χ2v) is 6.10. The molecule has 0 saturated heterocycles. The van der Waals surface area contributed by atoms with Crippen molar-refractivity contribution >= 4 is 29.6 Å². The van der Waals surface area contributed by atoms with Crippen molar-refractivity contribution in [1.82, 2.24) is 0 Å². The second-order valence-electron chi connectivity index (χ2n) is 6.10. The first-order valence-electron chi connectivity index (χ1n) is 8.43. The summed E-state index contributed by atoms with van der Waals surface area (Å²) in [6.45, 7) is 2.87. The average molecular weight is 396 g/mol. The molecule has 1 aliphatic rings. The van der Waals surface area contributed by atoms with Crippen LogP contribution >= 0.6 is 0 Å². The molecule has 0 aromatic heterocycles. The van der Waals surface area contributed by atoms with Crippen LogP contribution in [0.2, 0.25) is 0 Å². The number of aryl methyl sites for hydroxylation is 1. The normalized spacial score (nSPS) is 14.4. The van der Waals surface area contributed by atoms with Gasteiger partial charge in [0, 0.05) is 24.1 Å². The Bertz CT molecular complexity index is 1090. The Morgan fingerprint density at radius 3 is 2.59 bits per heavy atom. The number of carbonyl (C=O) groups is 2. The Labute approximate surface area is 165 Å². The maximum Gasteiger partial charge on any atom is 0.363 e. The number of benzene rings is 2. The fourth-order valence-corrected chi connectivity index (χ4v) is 2.70. The fourth-order valence-electron chi connectivity index (χ4n) is 2.70. The van der Waals surface area contributed by atoms with Gasteiger partial charge in [-0.25, -0.2) is 9.79 Å². The van der Waals surface area contributed by atoms with Crippen molar-refractivity contribution in [1.29, 1.82) is 0 Å². The Morgan fingerprint density at radius 1 is 1.21 bits per heavy atom. The highest BCUT2D eigenvalue weighted by molar-refractivity contribution is 6.13. The SMILES string of the molecule is COc1cc(C=C2N=C(c3ccc([N+](=O)[O-])c(C)c3)OC2=O)ccc1OC(C)=O. The van der Waals surface area contributed by atoms with Gasteiger partial charge in [0.05, 0.1) is 12.0 Å². The molecule has 148 valence electrons. The summed E-state index contributed by atoms with van der Waals surface area (Å²) in [6.07, 6.45) is 1.49. The molecule has 0 amide bonds. The predicted molar refractivity (Wildman–Crippen MR) is 103 cm³/mol. The number of carbonyl (C=O) groups excluding carboxylic acids is 2. The van der Waals surface area contributed by atoms with Crippen LogP contribution in [-0.4, -0.2) is 29.9 Å². The van der Waals surface area contributed by atoms with Gasteiger partial charge < -0.3 is 14.2 Å². The van der Waals surface area contributed by atoms with E-state index in [1.54, 1.807) is 19.1 Å². The topological polar surface area (TPSA) is 117 Å². The number of hydrogen-bond donors (Lipinski definition) is 0. The first-order chi connectivity index (χ1) is 13.8. The van der Waals surface area contributed by atoms with Crippen LogP contribution in [0.5, 0.6) is 11.5 Å². The number of methoxy groups -OCH3 is 1. The van der Waals surface area contributed by atoms with E-state index in [-0.39, 0.29) is 23.0 Å². The van der Waals surface area contributed by atoms with Gasteiger partial charge in [-0.15, -0.1) is 0 Å². The fraction of sp³-hybridized carbons (Fsp3) is 0.150. The van der Waals surface area contributed by atoms with E-state index in [1.165, 1.54) is 44.4 Å². The lowest BCUT2D eigenvalue weighted by molar-refractivity contribution is -0.385. The minimum absolute atomic E-state index is 0.0330. The largest absolute Gasteiger partial charge is 0.493 e. The van der Waals surface area contributed by atoms with Crippen LogP contribution in [0.1, 0.15) is 23.6 Å². The first kappa shape index (κ1) is 19.7. The number of cyclic esters (lactones) is 1. The Hall–Kier alpha value is -4.01. The molecule has 9 heteroatoms. The lowest BCUT2D eigenvalue weighted by atomic mass is 10.1. The third-order valence-corrected chi connectivity index (χ3v) is 4.01. The van der Waals surface area contributed by atoms with E-state index in [9.17, 15) is 19.7 Å². The quantitative estimate of drug-likeness (QED) is 0.250. The van der Waals surface area contributed by atoms with E-state index < -0.39 is 16.9 Å². The van der Waals surface area contributed by atoms with E-state index in [0.29, 0.717) is 22.4 Å². The monoisotopic (exact) mass is 396 g/mol. The average Bonchev–Trinajstić information content (AvgIpc) is 3.02. The third-order valence-electron chi connectivity index (χ3n) is 4.01. The number of ether oxygens (including phenoxy) is 3. The van der Waals surface area contributed by atoms with E-state index in [0.717, 1.165) is 0 Å². The van der Waals surface area contributed by atoms with Gasteiger partial charge in [0.2, 0.25) is 5.90 Å². The molecule has 2 aromatic rings. The van der Waals surface area contributed by atoms with E-state index in [2.05, 4.69) is 4.99 Å². The summed E-state index contributed by atoms with van der Waals surface area (Å²) >= 11 is 0. The summed E-state index contributed by atoms with van der Waals surface area (Å²) in [4.78, 5) is 38.0. The molecule has 0 radical (unpaired) electrons. The van der Waals surface area contributed by atoms with E-state index in [1.807, 2.05) is 0 Å². The van der Waals surface area contributed by atoms with Crippen LogP contribution in [0.15, 0.2) is 47.1 Å². The summed E-state index contributed by atoms with van der Waals surface area (Å²) in [5.74, 6) is -0.513. The summed E-state index contributed by atoms with van der Waals surface area (Å²) in [5.41, 5.74) is 1.48. The number of nitro groups is 1. The van der Waals surface area contributed by atoms with E-state index in [4.69, 9.17) is 14.2 Å². The van der Waals surface area contributed by atoms with Gasteiger partial charge >= 0.3 is 11.9 Å². The number of esters is 2. The minimum Gasteiger partial charge on any atom is -0.493 e. The lowest BCUT2D eigenvalue weighted by Crippen LogP contribution is -2.06. The molecule has 0 fully saturated rings. The van der Waals surface area contributed by atoms with Crippen LogP contribution in [0.25, 0.3) is 6.08 Å². The van der Waals surface area contributed by atoms with Gasteiger partial charge in [-0.3, -0.25) is 14.9 Å². The molecule has 0 unspecified atom stereocenters. The Balaban J connectivity index is 1.91. The predicted octanol–water partition coefficient (Wildman–Crippen LogP) is 3.18. The minimum atomic E-state index is -0.654. The van der Waals surface area contributed by atoms with Gasteiger partial charge in [0.1, 0.15) is 0 Å². The van der Waals surface area contributed by atoms with Crippen LogP contribution < -0.4 is 9.47 Å². The standard InChI is InChI=1S/C20H16N2O7/c1-11-8-14(5-6-16(11)22(25)26)19-21-15(20(24)29-19)9-13-4-7-17(28-12(2)23)18(10-13)27-3/h4-10H,1-3H3. The van der Waals surface area contributed by atoms with Crippen molar-refractivity contribution in [2.75, 3.05) is 7.11 Å². The maximum atomic E-state index is 12.2. The first-order valence-corrected chi connectivity index (χ1v) is 8.43. The number of aliphatic imine (C=N–C) groups is 1. The summed E-state index contributed by atoms with van der Waals surface area (Å²) < 4.78 is 15.4. The van der Waals surface area contributed by atoms with Crippen LogP contribution in [0.3, 0.4) is 0 Å². The van der Waals surface area contributed by atoms with Crippen molar-refractivity contribution in [3.05, 3.63) is 68.9 Å². The van der Waals surface area contributed by atoms with Crippen molar-refractivity contribution in [3.8, 4) is 11.5 Å². The highest BCUT2D eigenvalue weighted by Crippen LogP contribution is 2.30. The van der Waals surface area contributed by atoms with Crippen LogP contribution in [0.4, 0.5) is 5.69 Å². The highest BCUT2D eigenvalue weighted by atomic mass is 16.6. The lowest BCUT2D eigenvalue weighted by Gasteiger charge is -2.08. The molecular formula is C20H16N2O7. The van der Waals surface area contributed by atoms with Crippen molar-refractivity contribution in [2.45, 2.75) is 13.8 Å². The number of nitro benzene ring substituents is 1. The molecule has 2 aromatic carbocycles. The zero-order chi connectivity index (χ0) is 21.1. The van der Waals surface area contributed by atoms with Gasteiger partial charge in [0.15, 0.2) is 17.2 Å². The highest BCUT2D eigenvalue weighted by Gasteiger charge is 2.25. The smallest absolute Gasteiger partial charge is 0.363 e. The molecule has 1 heterocycles. The molecule has 0 N–H and O–H groups in total. The van der Waals surface area contributed by atoms with Gasteiger partial charge in [0.25, 0.3) is 5.69 Å². The van der Waals surface area contributed by atoms with Crippen LogP contribution in [-0.2, 0) is 14.3 Å². The number of nitrogens with zero attached hydrogens (tertiary/aromatic N) is 2. The zero-order valence-corrected chi connectivity index (χ0v) is 15.8. The molecule has 0 bridgehead atoms. The zero-order valence-electron chi connectivity index (χ0n) is 15.8. The van der Waals surface area contributed by atoms with Crippen molar-refractivity contribution in [2.24, 2.45) is 4.99 Å². The molecule has 0 saturated carbocycles. The van der Waals surface area contributed by atoms with Crippen molar-refractivity contribution < 1.29 is 28.7 Å². The molecular weight excluding hydrogens is 380 g/mol. The summed E-state index contributed by atoms with van der Waals surface area (Å²) in [5, 5.41) is 10.9. The molecule has 0 spiro atoms. The Morgan fingerprint density at radius 2 is 1.97 bits per heavy atom. The van der Waals surface area contributed by atoms with Gasteiger partial charge in [-0.1, -0.05) is 6.07 Å². The van der Waals surface area contributed by atoms with E-state index >= 15 is 0 Å². The Kier molecular flexibility index (Phi) is 5.40. The molecule has 0 aliphatic carbocycles. The number of rotatable bonds is 5. The number of hydrogen-bond acceptors (Lipinski definition) is 8. The maximum absolute atomic E-state index is 12.2. The molecule has 3 rings (SSSR count). The molecule has 29 heavy (non-hydrogen) atoms. The summed E-state index contributed by atoms with van der Waals surface area (Å²) in [6, 6.07) is 9.09.